The van der Waals surface area contributed by atoms with Gasteiger partial charge in [-0.3, -0.25) is 4.79 Å². The summed E-state index contributed by atoms with van der Waals surface area (Å²) in [5.74, 6) is -1.46. The minimum absolute atomic E-state index is 0.0452. The van der Waals surface area contributed by atoms with Crippen molar-refractivity contribution < 1.29 is 19.4 Å². The Morgan fingerprint density at radius 2 is 2.13 bits per heavy atom. The Morgan fingerprint density at radius 3 is 2.67 bits per heavy atom. The number of carbonyl (C=O) groups is 2. The second-order valence-corrected chi connectivity index (χ2v) is 3.00. The van der Waals surface area contributed by atoms with Gasteiger partial charge in [0.25, 0.3) is 5.91 Å². The highest BCUT2D eigenvalue weighted by molar-refractivity contribution is 5.92. The van der Waals surface area contributed by atoms with Crippen LogP contribution in [0.15, 0.2) is 24.3 Å². The van der Waals surface area contributed by atoms with Crippen LogP contribution in [0.2, 0.25) is 0 Å². The molecule has 0 aliphatic heterocycles. The van der Waals surface area contributed by atoms with Gasteiger partial charge in [-0.15, -0.1) is 0 Å². The molecular weight excluding hydrogens is 198 g/mol. The number of hydrogen-bond acceptors (Lipinski definition) is 4. The van der Waals surface area contributed by atoms with E-state index >= 15 is 0 Å². The molecule has 5 nitrogen and oxygen atoms in total. The topological polar surface area (TPSA) is 89.6 Å². The van der Waals surface area contributed by atoms with E-state index in [1.165, 1.54) is 31.2 Å². The zero-order valence-corrected chi connectivity index (χ0v) is 8.14. The summed E-state index contributed by atoms with van der Waals surface area (Å²) in [4.78, 5) is 22.0. The second-order valence-electron chi connectivity index (χ2n) is 3.00. The van der Waals surface area contributed by atoms with Crippen LogP contribution in [0.1, 0.15) is 17.3 Å². The fraction of sp³-hybridized carbons (Fsp3) is 0.200. The average Bonchev–Trinajstić information content (AvgIpc) is 2.17. The van der Waals surface area contributed by atoms with Gasteiger partial charge < -0.3 is 15.6 Å². The number of benzene rings is 1. The molecule has 0 radical (unpaired) electrons. The summed E-state index contributed by atoms with van der Waals surface area (Å²) in [6.45, 7) is 1.38. The number of aromatic hydroxyl groups is 1. The van der Waals surface area contributed by atoms with Gasteiger partial charge in [-0.1, -0.05) is 6.07 Å². The highest BCUT2D eigenvalue weighted by Crippen LogP contribution is 2.12. The van der Waals surface area contributed by atoms with Gasteiger partial charge in [0, 0.05) is 0 Å². The number of hydrogen-bond donors (Lipinski definition) is 2. The Morgan fingerprint density at radius 1 is 1.47 bits per heavy atom. The SMILES string of the molecule is C[C@H](OC(=O)c1cccc(O)c1)C(N)=O. The molecule has 3 N–H and O–H groups in total. The van der Waals surface area contributed by atoms with Crippen molar-refractivity contribution in [2.75, 3.05) is 0 Å². The molecule has 1 aromatic rings. The fourth-order valence-electron chi connectivity index (χ4n) is 0.920. The minimum Gasteiger partial charge on any atom is -0.508 e. The maximum Gasteiger partial charge on any atom is 0.339 e. The number of amides is 1. The Labute approximate surface area is 86.5 Å². The molecule has 1 aromatic carbocycles. The molecule has 0 bridgehead atoms. The molecule has 0 aromatic heterocycles. The van der Waals surface area contributed by atoms with E-state index in [2.05, 4.69) is 0 Å². The van der Waals surface area contributed by atoms with Gasteiger partial charge in [0.15, 0.2) is 6.10 Å². The molecule has 1 atom stereocenters. The average molecular weight is 209 g/mol. The van der Waals surface area contributed by atoms with Gasteiger partial charge in [0.05, 0.1) is 5.56 Å². The van der Waals surface area contributed by atoms with Gasteiger partial charge in [0.1, 0.15) is 5.75 Å². The molecule has 80 valence electrons. The highest BCUT2D eigenvalue weighted by Gasteiger charge is 2.16. The third kappa shape index (κ3) is 2.98. The number of ether oxygens (including phenoxy) is 1. The van der Waals surface area contributed by atoms with Gasteiger partial charge in [-0.25, -0.2) is 4.79 Å². The first-order valence-corrected chi connectivity index (χ1v) is 4.30. The van der Waals surface area contributed by atoms with Crippen LogP contribution < -0.4 is 5.73 Å². The smallest absolute Gasteiger partial charge is 0.339 e. The Hall–Kier alpha value is -2.04. The third-order valence-electron chi connectivity index (χ3n) is 1.77. The lowest BCUT2D eigenvalue weighted by molar-refractivity contribution is -0.125. The van der Waals surface area contributed by atoms with Crippen molar-refractivity contribution in [1.29, 1.82) is 0 Å². The number of phenolic OH excluding ortho intramolecular Hbond substituents is 1. The van der Waals surface area contributed by atoms with E-state index < -0.39 is 18.0 Å². The molecule has 0 saturated heterocycles. The highest BCUT2D eigenvalue weighted by atomic mass is 16.5. The van der Waals surface area contributed by atoms with E-state index in [9.17, 15) is 9.59 Å². The number of primary amides is 1. The summed E-state index contributed by atoms with van der Waals surface area (Å²) in [7, 11) is 0. The van der Waals surface area contributed by atoms with Gasteiger partial charge in [-0.05, 0) is 25.1 Å². The first kappa shape index (κ1) is 11.0. The monoisotopic (exact) mass is 209 g/mol. The summed E-state index contributed by atoms with van der Waals surface area (Å²) in [6.07, 6.45) is -0.986. The van der Waals surface area contributed by atoms with E-state index in [0.717, 1.165) is 0 Å². The molecule has 0 heterocycles. The van der Waals surface area contributed by atoms with E-state index in [4.69, 9.17) is 15.6 Å². The standard InChI is InChI=1S/C10H11NO4/c1-6(9(11)13)15-10(14)7-3-2-4-8(12)5-7/h2-6,12H,1H3,(H2,11,13)/t6-/m0/s1. The van der Waals surface area contributed by atoms with Crippen molar-refractivity contribution in [3.63, 3.8) is 0 Å². The van der Waals surface area contributed by atoms with E-state index in [1.54, 1.807) is 0 Å². The summed E-state index contributed by atoms with van der Waals surface area (Å²) in [6, 6.07) is 5.64. The molecule has 5 heteroatoms. The van der Waals surface area contributed by atoms with Crippen molar-refractivity contribution in [1.82, 2.24) is 0 Å². The number of phenols is 1. The normalized spacial score (nSPS) is 11.8. The van der Waals surface area contributed by atoms with Crippen molar-refractivity contribution in [3.05, 3.63) is 29.8 Å². The van der Waals surface area contributed by atoms with Crippen LogP contribution in [0.4, 0.5) is 0 Å². The second kappa shape index (κ2) is 4.45. The van der Waals surface area contributed by atoms with Crippen LogP contribution in [0.25, 0.3) is 0 Å². The van der Waals surface area contributed by atoms with Crippen molar-refractivity contribution in [2.24, 2.45) is 5.73 Å². The molecule has 0 unspecified atom stereocenters. The van der Waals surface area contributed by atoms with Crippen LogP contribution in [-0.4, -0.2) is 23.1 Å². The van der Waals surface area contributed by atoms with Crippen LogP contribution in [0.5, 0.6) is 5.75 Å². The van der Waals surface area contributed by atoms with E-state index in [-0.39, 0.29) is 11.3 Å². The van der Waals surface area contributed by atoms with Crippen LogP contribution in [0.3, 0.4) is 0 Å². The zero-order chi connectivity index (χ0) is 11.4. The lowest BCUT2D eigenvalue weighted by atomic mass is 10.2. The summed E-state index contributed by atoms with van der Waals surface area (Å²) >= 11 is 0. The quantitative estimate of drug-likeness (QED) is 0.706. The van der Waals surface area contributed by atoms with Crippen LogP contribution in [-0.2, 0) is 9.53 Å². The molecule has 15 heavy (non-hydrogen) atoms. The molecule has 1 amide bonds. The minimum atomic E-state index is -0.986. The molecule has 0 aliphatic rings. The summed E-state index contributed by atoms with van der Waals surface area (Å²) in [5.41, 5.74) is 5.10. The predicted octanol–water partition coefficient (Wildman–Crippen LogP) is 0.423. The lowest BCUT2D eigenvalue weighted by Gasteiger charge is -2.09. The largest absolute Gasteiger partial charge is 0.508 e. The van der Waals surface area contributed by atoms with E-state index in [1.807, 2.05) is 0 Å². The van der Waals surface area contributed by atoms with Gasteiger partial charge in [-0.2, -0.15) is 0 Å². The Kier molecular flexibility index (Phi) is 3.28. The van der Waals surface area contributed by atoms with Crippen molar-refractivity contribution in [2.45, 2.75) is 13.0 Å². The molecule has 0 saturated carbocycles. The van der Waals surface area contributed by atoms with Crippen molar-refractivity contribution in [3.8, 4) is 5.75 Å². The summed E-state index contributed by atoms with van der Waals surface area (Å²) < 4.78 is 4.73. The Bertz CT molecular complexity index is 389. The number of nitrogens with two attached hydrogens (primary N) is 1. The first-order chi connectivity index (χ1) is 7.00. The van der Waals surface area contributed by atoms with Crippen molar-refractivity contribution >= 4 is 11.9 Å². The maximum absolute atomic E-state index is 11.4. The fourth-order valence-corrected chi connectivity index (χ4v) is 0.920. The molecule has 1 rings (SSSR count). The van der Waals surface area contributed by atoms with E-state index in [0.29, 0.717) is 0 Å². The predicted molar refractivity (Wildman–Crippen MR) is 52.2 cm³/mol. The number of rotatable bonds is 3. The van der Waals surface area contributed by atoms with Crippen LogP contribution >= 0.6 is 0 Å². The molecule has 0 spiro atoms. The van der Waals surface area contributed by atoms with Gasteiger partial charge >= 0.3 is 5.97 Å². The third-order valence-corrected chi connectivity index (χ3v) is 1.77. The van der Waals surface area contributed by atoms with Crippen LogP contribution in [0, 0.1) is 0 Å². The van der Waals surface area contributed by atoms with Gasteiger partial charge in [0.2, 0.25) is 0 Å². The lowest BCUT2D eigenvalue weighted by Crippen LogP contribution is -2.30. The number of esters is 1. The zero-order valence-electron chi connectivity index (χ0n) is 8.14. The molecular formula is C10H11NO4. The maximum atomic E-state index is 11.4. The Balaban J connectivity index is 2.73. The molecule has 0 fully saturated rings. The molecule has 0 aliphatic carbocycles. The summed E-state index contributed by atoms with van der Waals surface area (Å²) in [5, 5.41) is 9.11. The number of carbonyl (C=O) groups excluding carboxylic acids is 2. The first-order valence-electron chi connectivity index (χ1n) is 4.30.